The lowest BCUT2D eigenvalue weighted by molar-refractivity contribution is -0.138. The van der Waals surface area contributed by atoms with Gasteiger partial charge in [0.25, 0.3) is 0 Å². The van der Waals surface area contributed by atoms with E-state index in [1.54, 1.807) is 24.5 Å². The summed E-state index contributed by atoms with van der Waals surface area (Å²) in [6.45, 7) is 0.338. The molecule has 0 saturated heterocycles. The van der Waals surface area contributed by atoms with Crippen molar-refractivity contribution in [3.05, 3.63) is 59.5 Å². The normalized spacial score (nSPS) is 16.7. The van der Waals surface area contributed by atoms with Crippen molar-refractivity contribution in [2.75, 3.05) is 0 Å². The van der Waals surface area contributed by atoms with Crippen LogP contribution in [0.1, 0.15) is 16.9 Å². The maximum Gasteiger partial charge on any atom is 0.339 e. The third-order valence-corrected chi connectivity index (χ3v) is 2.72. The van der Waals surface area contributed by atoms with E-state index in [1.807, 2.05) is 24.3 Å². The van der Waals surface area contributed by atoms with Crippen molar-refractivity contribution < 1.29 is 13.9 Å². The molecule has 0 unspecified atom stereocenters. The van der Waals surface area contributed by atoms with Crippen molar-refractivity contribution >= 4 is 17.6 Å². The number of furan rings is 1. The first-order valence-corrected chi connectivity index (χ1v) is 5.35. The summed E-state index contributed by atoms with van der Waals surface area (Å²) in [5.74, 6) is 0.341. The van der Waals surface area contributed by atoms with Crippen molar-refractivity contribution in [2.24, 2.45) is 0 Å². The molecular formula is C14H10O3. The van der Waals surface area contributed by atoms with Crippen LogP contribution in [0.15, 0.2) is 47.1 Å². The number of carbonyl (C=O) groups is 1. The minimum absolute atomic E-state index is 0.305. The zero-order chi connectivity index (χ0) is 11.7. The quantitative estimate of drug-likeness (QED) is 0.554. The van der Waals surface area contributed by atoms with Crippen LogP contribution in [0, 0.1) is 0 Å². The zero-order valence-electron chi connectivity index (χ0n) is 9.05. The fourth-order valence-electron chi connectivity index (χ4n) is 1.89. The highest BCUT2D eigenvalue weighted by Gasteiger charge is 2.22. The Morgan fingerprint density at radius 2 is 2.00 bits per heavy atom. The standard InChI is InChI=1S/C14H10O3/c15-14-13(8-11-5-3-7-16-11)12-6-2-1-4-10(12)9-17-14/h1-8H,9H2/b13-8+. The van der Waals surface area contributed by atoms with E-state index in [4.69, 9.17) is 9.15 Å². The average Bonchev–Trinajstić information content (AvgIpc) is 2.86. The predicted octanol–water partition coefficient (Wildman–Crippen LogP) is 2.88. The third kappa shape index (κ3) is 1.76. The third-order valence-electron chi connectivity index (χ3n) is 2.72. The van der Waals surface area contributed by atoms with E-state index in [0.29, 0.717) is 17.9 Å². The summed E-state index contributed by atoms with van der Waals surface area (Å²) in [7, 11) is 0. The van der Waals surface area contributed by atoms with Crippen molar-refractivity contribution in [3.8, 4) is 0 Å². The Hall–Kier alpha value is -2.29. The number of rotatable bonds is 1. The van der Waals surface area contributed by atoms with Gasteiger partial charge < -0.3 is 9.15 Å². The molecule has 17 heavy (non-hydrogen) atoms. The first-order valence-electron chi connectivity index (χ1n) is 5.35. The maximum absolute atomic E-state index is 11.8. The Balaban J connectivity index is 2.13. The van der Waals surface area contributed by atoms with Gasteiger partial charge in [0, 0.05) is 0 Å². The molecule has 1 aliphatic rings. The van der Waals surface area contributed by atoms with Crippen LogP contribution in [0.3, 0.4) is 0 Å². The van der Waals surface area contributed by atoms with Crippen molar-refractivity contribution in [3.63, 3.8) is 0 Å². The SMILES string of the molecule is O=C1OCc2ccccc2/C1=C\c1ccco1. The highest BCUT2D eigenvalue weighted by Crippen LogP contribution is 2.28. The highest BCUT2D eigenvalue weighted by molar-refractivity contribution is 6.22. The molecule has 1 aromatic heterocycles. The topological polar surface area (TPSA) is 39.4 Å². The smallest absolute Gasteiger partial charge is 0.339 e. The Morgan fingerprint density at radius 3 is 2.82 bits per heavy atom. The molecule has 2 aromatic rings. The molecule has 1 aromatic carbocycles. The molecule has 0 bridgehead atoms. The van der Waals surface area contributed by atoms with Gasteiger partial charge >= 0.3 is 5.97 Å². The lowest BCUT2D eigenvalue weighted by Crippen LogP contribution is -2.15. The summed E-state index contributed by atoms with van der Waals surface area (Å²) in [6, 6.07) is 11.3. The molecule has 3 nitrogen and oxygen atoms in total. The largest absolute Gasteiger partial charge is 0.465 e. The summed E-state index contributed by atoms with van der Waals surface area (Å²) in [6.07, 6.45) is 3.28. The van der Waals surface area contributed by atoms with Gasteiger partial charge in [-0.3, -0.25) is 0 Å². The van der Waals surface area contributed by atoms with Gasteiger partial charge in [0.2, 0.25) is 0 Å². The molecule has 0 amide bonds. The molecule has 0 N–H and O–H groups in total. The molecular weight excluding hydrogens is 216 g/mol. The van der Waals surface area contributed by atoms with Crippen LogP contribution in [0.4, 0.5) is 0 Å². The van der Waals surface area contributed by atoms with Gasteiger partial charge in [-0.25, -0.2) is 4.79 Å². The van der Waals surface area contributed by atoms with E-state index < -0.39 is 0 Å². The minimum Gasteiger partial charge on any atom is -0.465 e. The summed E-state index contributed by atoms with van der Waals surface area (Å²) < 4.78 is 10.3. The van der Waals surface area contributed by atoms with Crippen molar-refractivity contribution in [2.45, 2.75) is 6.61 Å². The fourth-order valence-corrected chi connectivity index (χ4v) is 1.89. The monoisotopic (exact) mass is 226 g/mol. The molecule has 0 aliphatic carbocycles. The summed E-state index contributed by atoms with van der Waals surface area (Å²) in [4.78, 5) is 11.8. The molecule has 0 radical (unpaired) electrons. The number of benzene rings is 1. The van der Waals surface area contributed by atoms with Gasteiger partial charge in [0.15, 0.2) is 0 Å². The summed E-state index contributed by atoms with van der Waals surface area (Å²) in [5, 5.41) is 0. The molecule has 0 atom stereocenters. The van der Waals surface area contributed by atoms with E-state index >= 15 is 0 Å². The number of hydrogen-bond donors (Lipinski definition) is 0. The Labute approximate surface area is 98.3 Å². The van der Waals surface area contributed by atoms with Gasteiger partial charge in [0.1, 0.15) is 12.4 Å². The van der Waals surface area contributed by atoms with Crippen LogP contribution in [0.2, 0.25) is 0 Å². The second-order valence-corrected chi connectivity index (χ2v) is 3.81. The number of cyclic esters (lactones) is 1. The summed E-state index contributed by atoms with van der Waals surface area (Å²) in [5.41, 5.74) is 2.48. The van der Waals surface area contributed by atoms with Gasteiger partial charge in [0.05, 0.1) is 11.8 Å². The van der Waals surface area contributed by atoms with Gasteiger partial charge in [-0.2, -0.15) is 0 Å². The van der Waals surface area contributed by atoms with Crippen molar-refractivity contribution in [1.29, 1.82) is 0 Å². The molecule has 1 aliphatic heterocycles. The molecule has 0 saturated carbocycles. The molecule has 0 fully saturated rings. The predicted molar refractivity (Wildman–Crippen MR) is 62.8 cm³/mol. The molecule has 2 heterocycles. The van der Waals surface area contributed by atoms with E-state index in [1.165, 1.54) is 0 Å². The van der Waals surface area contributed by atoms with Crippen molar-refractivity contribution in [1.82, 2.24) is 0 Å². The molecule has 3 heteroatoms. The van der Waals surface area contributed by atoms with Crippen LogP contribution >= 0.6 is 0 Å². The highest BCUT2D eigenvalue weighted by atomic mass is 16.5. The molecule has 0 spiro atoms. The zero-order valence-corrected chi connectivity index (χ0v) is 9.05. The number of hydrogen-bond acceptors (Lipinski definition) is 3. The van der Waals surface area contributed by atoms with Crippen LogP contribution in [-0.4, -0.2) is 5.97 Å². The first kappa shape index (κ1) is 9.90. The van der Waals surface area contributed by atoms with Crippen LogP contribution in [-0.2, 0) is 16.1 Å². The van der Waals surface area contributed by atoms with Crippen LogP contribution < -0.4 is 0 Å². The second kappa shape index (κ2) is 3.94. The first-order chi connectivity index (χ1) is 8.34. The van der Waals surface area contributed by atoms with E-state index in [-0.39, 0.29) is 5.97 Å². The Bertz CT molecular complexity index is 579. The Kier molecular flexibility index (Phi) is 2.29. The number of fused-ring (bicyclic) bond motifs is 1. The lowest BCUT2D eigenvalue weighted by Gasteiger charge is -2.18. The van der Waals surface area contributed by atoms with E-state index in [2.05, 4.69) is 0 Å². The number of esters is 1. The van der Waals surface area contributed by atoms with E-state index in [0.717, 1.165) is 11.1 Å². The fraction of sp³-hybridized carbons (Fsp3) is 0.0714. The van der Waals surface area contributed by atoms with E-state index in [9.17, 15) is 4.79 Å². The minimum atomic E-state index is -0.305. The number of carbonyl (C=O) groups excluding carboxylic acids is 1. The lowest BCUT2D eigenvalue weighted by atomic mass is 9.97. The number of ether oxygens (including phenoxy) is 1. The maximum atomic E-state index is 11.8. The van der Waals surface area contributed by atoms with Crippen LogP contribution in [0.5, 0.6) is 0 Å². The van der Waals surface area contributed by atoms with Crippen LogP contribution in [0.25, 0.3) is 11.6 Å². The molecule has 84 valence electrons. The Morgan fingerprint density at radius 1 is 1.12 bits per heavy atom. The average molecular weight is 226 g/mol. The van der Waals surface area contributed by atoms with Gasteiger partial charge in [-0.05, 0) is 29.3 Å². The summed E-state index contributed by atoms with van der Waals surface area (Å²) >= 11 is 0. The van der Waals surface area contributed by atoms with Gasteiger partial charge in [-0.1, -0.05) is 24.3 Å². The molecule has 3 rings (SSSR count). The second-order valence-electron chi connectivity index (χ2n) is 3.81. The van der Waals surface area contributed by atoms with Gasteiger partial charge in [-0.15, -0.1) is 0 Å².